The Bertz CT molecular complexity index is 1360. The maximum absolute atomic E-state index is 14.1. The van der Waals surface area contributed by atoms with E-state index in [1.165, 1.54) is 23.8 Å². The number of methoxy groups -OCH3 is 1. The van der Waals surface area contributed by atoms with E-state index in [0.717, 1.165) is 11.3 Å². The van der Waals surface area contributed by atoms with Crippen molar-refractivity contribution >= 4 is 23.4 Å². The fourth-order valence-corrected chi connectivity index (χ4v) is 5.25. The lowest BCUT2D eigenvalue weighted by atomic mass is 9.81. The third-order valence-corrected chi connectivity index (χ3v) is 6.51. The zero-order chi connectivity index (χ0) is 21.0. The summed E-state index contributed by atoms with van der Waals surface area (Å²) in [5, 5.41) is 0. The Labute approximate surface area is 174 Å². The number of carbonyl (C=O) groups is 1. The lowest BCUT2D eigenvalue weighted by Gasteiger charge is -2.44. The molecule has 2 bridgehead atoms. The largest absolute Gasteiger partial charge is 0.469 e. The molecule has 1 aromatic heterocycles. The van der Waals surface area contributed by atoms with Gasteiger partial charge in [0.1, 0.15) is 17.5 Å². The first-order chi connectivity index (χ1) is 14.4. The summed E-state index contributed by atoms with van der Waals surface area (Å²) < 4.78 is 27.1. The van der Waals surface area contributed by atoms with Gasteiger partial charge in [-0.3, -0.25) is 14.2 Å². The van der Waals surface area contributed by atoms with Gasteiger partial charge in [0, 0.05) is 11.1 Å². The quantitative estimate of drug-likeness (QED) is 0.590. The molecule has 3 atom stereocenters. The first-order valence-corrected chi connectivity index (χ1v) is 10.2. The first kappa shape index (κ1) is 18.7. The standard InChI is InChI=1S/C22H17FN2O4S/c1-22-17(20(27)28-2)18(13-8-4-6-10-15(13)29-22)25-19(26)16(30-21(25)24-22)11-12-7-3-5-9-14(12)23/h3-11,17-18H,1-2H3/b16-11-/t17-,18+,22-/m0/s1. The molecule has 0 N–H and O–H groups in total. The van der Waals surface area contributed by atoms with Gasteiger partial charge in [-0.2, -0.15) is 0 Å². The highest BCUT2D eigenvalue weighted by atomic mass is 32.1. The number of nitrogens with zero attached hydrogens (tertiary/aromatic N) is 2. The molecule has 0 unspecified atom stereocenters. The summed E-state index contributed by atoms with van der Waals surface area (Å²) in [6, 6.07) is 12.9. The molecule has 3 heterocycles. The second kappa shape index (κ2) is 6.63. The maximum Gasteiger partial charge on any atom is 0.317 e. The molecular weight excluding hydrogens is 407 g/mol. The van der Waals surface area contributed by atoms with Crippen molar-refractivity contribution in [1.82, 2.24) is 4.57 Å². The van der Waals surface area contributed by atoms with Gasteiger partial charge in [0.25, 0.3) is 5.56 Å². The number of thiazole rings is 1. The average molecular weight is 424 g/mol. The average Bonchev–Trinajstić information content (AvgIpc) is 3.02. The molecule has 152 valence electrons. The second-order valence-electron chi connectivity index (χ2n) is 7.34. The van der Waals surface area contributed by atoms with Crippen LogP contribution in [0, 0.1) is 11.7 Å². The van der Waals surface area contributed by atoms with Crippen LogP contribution >= 0.6 is 11.3 Å². The van der Waals surface area contributed by atoms with E-state index in [2.05, 4.69) is 4.99 Å². The van der Waals surface area contributed by atoms with Crippen molar-refractivity contribution in [2.75, 3.05) is 7.11 Å². The Morgan fingerprint density at radius 2 is 2.00 bits per heavy atom. The van der Waals surface area contributed by atoms with Gasteiger partial charge in [-0.25, -0.2) is 9.38 Å². The molecule has 0 radical (unpaired) electrons. The molecule has 0 saturated heterocycles. The molecule has 2 aromatic carbocycles. The molecule has 2 aliphatic heterocycles. The van der Waals surface area contributed by atoms with Crippen LogP contribution in [0.25, 0.3) is 6.08 Å². The Hall–Kier alpha value is -3.26. The van der Waals surface area contributed by atoms with Crippen LogP contribution in [0.5, 0.6) is 5.75 Å². The van der Waals surface area contributed by atoms with Gasteiger partial charge in [0.15, 0.2) is 4.80 Å². The molecule has 0 amide bonds. The van der Waals surface area contributed by atoms with Crippen LogP contribution < -0.4 is 19.6 Å². The van der Waals surface area contributed by atoms with Crippen LogP contribution in [-0.4, -0.2) is 23.4 Å². The number of para-hydroxylation sites is 1. The van der Waals surface area contributed by atoms with Crippen molar-refractivity contribution in [1.29, 1.82) is 0 Å². The molecule has 0 fully saturated rings. The van der Waals surface area contributed by atoms with Gasteiger partial charge >= 0.3 is 5.97 Å². The van der Waals surface area contributed by atoms with Crippen LogP contribution in [-0.2, 0) is 9.53 Å². The van der Waals surface area contributed by atoms with Crippen molar-refractivity contribution in [3.8, 4) is 5.75 Å². The number of ether oxygens (including phenoxy) is 2. The van der Waals surface area contributed by atoms with E-state index in [0.29, 0.717) is 26.2 Å². The van der Waals surface area contributed by atoms with Gasteiger partial charge < -0.3 is 9.47 Å². The van der Waals surface area contributed by atoms with E-state index in [-0.39, 0.29) is 5.56 Å². The van der Waals surface area contributed by atoms with Crippen molar-refractivity contribution in [2.45, 2.75) is 18.7 Å². The number of aromatic nitrogens is 1. The Morgan fingerprint density at radius 1 is 1.27 bits per heavy atom. The van der Waals surface area contributed by atoms with E-state index in [4.69, 9.17) is 9.47 Å². The summed E-state index contributed by atoms with van der Waals surface area (Å²) >= 11 is 1.15. The normalized spacial score (nSPS) is 24.3. The number of benzene rings is 2. The molecule has 5 rings (SSSR count). The number of fused-ring (bicyclic) bond motifs is 6. The molecule has 6 nitrogen and oxygen atoms in total. The van der Waals surface area contributed by atoms with Gasteiger partial charge in [-0.05, 0) is 25.1 Å². The fourth-order valence-electron chi connectivity index (χ4n) is 4.16. The summed E-state index contributed by atoms with van der Waals surface area (Å²) in [5.74, 6) is -1.20. The van der Waals surface area contributed by atoms with Crippen LogP contribution in [0.1, 0.15) is 24.1 Å². The highest BCUT2D eigenvalue weighted by molar-refractivity contribution is 7.07. The lowest BCUT2D eigenvalue weighted by Crippen LogP contribution is -2.58. The summed E-state index contributed by atoms with van der Waals surface area (Å²) in [7, 11) is 1.30. The number of rotatable bonds is 2. The van der Waals surface area contributed by atoms with Gasteiger partial charge in [-0.1, -0.05) is 47.7 Å². The first-order valence-electron chi connectivity index (χ1n) is 9.36. The van der Waals surface area contributed by atoms with E-state index in [1.54, 1.807) is 31.2 Å². The van der Waals surface area contributed by atoms with Crippen LogP contribution in [0.2, 0.25) is 0 Å². The Kier molecular flexibility index (Phi) is 4.14. The Morgan fingerprint density at radius 3 is 2.77 bits per heavy atom. The molecule has 2 aliphatic rings. The molecule has 0 aliphatic carbocycles. The zero-order valence-corrected chi connectivity index (χ0v) is 17.0. The number of hydrogen-bond acceptors (Lipinski definition) is 6. The van der Waals surface area contributed by atoms with E-state index >= 15 is 0 Å². The summed E-state index contributed by atoms with van der Waals surface area (Å²) in [6.45, 7) is 1.71. The van der Waals surface area contributed by atoms with Crippen molar-refractivity contribution in [3.05, 3.63) is 85.2 Å². The minimum Gasteiger partial charge on any atom is -0.469 e. The monoisotopic (exact) mass is 424 g/mol. The topological polar surface area (TPSA) is 69.9 Å². The van der Waals surface area contributed by atoms with E-state index in [9.17, 15) is 14.0 Å². The van der Waals surface area contributed by atoms with Crippen LogP contribution in [0.4, 0.5) is 4.39 Å². The van der Waals surface area contributed by atoms with Gasteiger partial charge in [0.05, 0.1) is 17.7 Å². The highest BCUT2D eigenvalue weighted by Gasteiger charge is 2.55. The van der Waals surface area contributed by atoms with Gasteiger partial charge in [0.2, 0.25) is 5.72 Å². The smallest absolute Gasteiger partial charge is 0.317 e. The summed E-state index contributed by atoms with van der Waals surface area (Å²) in [4.78, 5) is 31.2. The SMILES string of the molecule is COC(=O)[C@@H]1[C@H]2c3ccccc3O[C@]1(C)N=c1s/c(=C\c3ccccc3F)c(=O)n12. The van der Waals surface area contributed by atoms with E-state index < -0.39 is 29.5 Å². The Balaban J connectivity index is 1.81. The van der Waals surface area contributed by atoms with Crippen molar-refractivity contribution in [2.24, 2.45) is 10.9 Å². The molecule has 8 heteroatoms. The molecule has 3 aromatic rings. The number of esters is 1. The maximum atomic E-state index is 14.1. The summed E-state index contributed by atoms with van der Waals surface area (Å²) in [6.07, 6.45) is 1.51. The molecular formula is C22H17FN2O4S. The molecule has 30 heavy (non-hydrogen) atoms. The predicted molar refractivity (Wildman–Crippen MR) is 108 cm³/mol. The fraction of sp³-hybridized carbons (Fsp3) is 0.227. The molecule has 0 saturated carbocycles. The van der Waals surface area contributed by atoms with Crippen molar-refractivity contribution in [3.63, 3.8) is 0 Å². The van der Waals surface area contributed by atoms with E-state index in [1.807, 2.05) is 18.2 Å². The lowest BCUT2D eigenvalue weighted by molar-refractivity contribution is -0.158. The predicted octanol–water partition coefficient (Wildman–Crippen LogP) is 2.00. The molecule has 0 spiro atoms. The van der Waals surface area contributed by atoms with Gasteiger partial charge in [-0.15, -0.1) is 0 Å². The number of carbonyl (C=O) groups excluding carboxylic acids is 1. The second-order valence-corrected chi connectivity index (χ2v) is 8.35. The number of halogens is 1. The zero-order valence-electron chi connectivity index (χ0n) is 16.2. The third-order valence-electron chi connectivity index (χ3n) is 5.53. The number of hydrogen-bond donors (Lipinski definition) is 0. The third kappa shape index (κ3) is 2.64. The van der Waals surface area contributed by atoms with Crippen LogP contribution in [0.15, 0.2) is 58.3 Å². The minimum atomic E-state index is -1.22. The summed E-state index contributed by atoms with van der Waals surface area (Å²) in [5.41, 5.74) is -0.541. The van der Waals surface area contributed by atoms with Crippen molar-refractivity contribution < 1.29 is 18.7 Å². The minimum absolute atomic E-state index is 0.309. The highest BCUT2D eigenvalue weighted by Crippen LogP contribution is 2.47. The van der Waals surface area contributed by atoms with Crippen LogP contribution in [0.3, 0.4) is 0 Å².